The quantitative estimate of drug-likeness (QED) is 0.752. The van der Waals surface area contributed by atoms with Crippen LogP contribution in [-0.2, 0) is 0 Å². The molecule has 0 heterocycles. The van der Waals surface area contributed by atoms with Crippen molar-refractivity contribution in [3.63, 3.8) is 0 Å². The lowest BCUT2D eigenvalue weighted by Crippen LogP contribution is -2.61. The molecule has 3 atom stereocenters. The Balaban J connectivity index is 1.55. The van der Waals surface area contributed by atoms with Crippen LogP contribution >= 0.6 is 0 Å². The molecule has 4 saturated carbocycles. The van der Waals surface area contributed by atoms with E-state index in [1.165, 1.54) is 31.3 Å². The van der Waals surface area contributed by atoms with Gasteiger partial charge in [-0.1, -0.05) is 11.6 Å². The molecule has 4 rings (SSSR count). The van der Waals surface area contributed by atoms with Crippen LogP contribution in [0.4, 0.5) is 0 Å². The first kappa shape index (κ1) is 14.6. The van der Waals surface area contributed by atoms with E-state index in [9.17, 15) is 5.11 Å². The highest BCUT2D eigenvalue weighted by atomic mass is 16.3. The molecule has 0 spiro atoms. The molecular weight excluding hydrogens is 246 g/mol. The highest BCUT2D eigenvalue weighted by molar-refractivity contribution is 5.08. The van der Waals surface area contributed by atoms with Crippen LogP contribution in [0.3, 0.4) is 0 Å². The van der Waals surface area contributed by atoms with Gasteiger partial charge in [0.2, 0.25) is 0 Å². The number of hydrogen-bond acceptors (Lipinski definition) is 2. The fourth-order valence-corrected chi connectivity index (χ4v) is 5.29. The second kappa shape index (κ2) is 5.46. The lowest BCUT2D eigenvalue weighted by Gasteiger charge is -2.58. The molecule has 2 heteroatoms. The predicted octanol–water partition coefficient (Wildman–Crippen LogP) is 3.65. The fourth-order valence-electron chi connectivity index (χ4n) is 5.29. The summed E-state index contributed by atoms with van der Waals surface area (Å²) in [5.74, 6) is 2.28. The van der Waals surface area contributed by atoms with Crippen molar-refractivity contribution in [1.29, 1.82) is 0 Å². The predicted molar refractivity (Wildman–Crippen MR) is 83.6 cm³/mol. The van der Waals surface area contributed by atoms with Gasteiger partial charge < -0.3 is 10.4 Å². The van der Waals surface area contributed by atoms with Crippen LogP contribution in [0.1, 0.15) is 65.7 Å². The van der Waals surface area contributed by atoms with E-state index in [0.717, 1.165) is 37.0 Å². The van der Waals surface area contributed by atoms with Gasteiger partial charge in [-0.25, -0.2) is 0 Å². The minimum Gasteiger partial charge on any atom is -0.390 e. The van der Waals surface area contributed by atoms with E-state index in [0.29, 0.717) is 12.1 Å². The minimum atomic E-state index is -0.292. The lowest BCUT2D eigenvalue weighted by atomic mass is 9.52. The van der Waals surface area contributed by atoms with Crippen LogP contribution in [0.2, 0.25) is 0 Å². The Morgan fingerprint density at radius 3 is 2.45 bits per heavy atom. The van der Waals surface area contributed by atoms with Crippen molar-refractivity contribution in [3.8, 4) is 0 Å². The molecule has 4 fully saturated rings. The monoisotopic (exact) mass is 277 g/mol. The molecule has 0 radical (unpaired) electrons. The lowest BCUT2D eigenvalue weighted by molar-refractivity contribution is -0.139. The first-order valence-corrected chi connectivity index (χ1v) is 8.57. The largest absolute Gasteiger partial charge is 0.390 e. The molecule has 0 amide bonds. The number of rotatable bonds is 5. The summed E-state index contributed by atoms with van der Waals surface area (Å²) in [6.07, 6.45) is 10.7. The van der Waals surface area contributed by atoms with Crippen molar-refractivity contribution in [2.45, 2.75) is 83.4 Å². The number of nitrogens with one attached hydrogen (secondary N) is 1. The first-order valence-electron chi connectivity index (χ1n) is 8.57. The molecule has 0 aromatic carbocycles. The molecule has 4 aliphatic rings. The summed E-state index contributed by atoms with van der Waals surface area (Å²) in [5, 5.41) is 14.5. The van der Waals surface area contributed by atoms with Crippen molar-refractivity contribution in [3.05, 3.63) is 11.6 Å². The molecule has 114 valence electrons. The van der Waals surface area contributed by atoms with Crippen molar-refractivity contribution in [1.82, 2.24) is 5.32 Å². The van der Waals surface area contributed by atoms with Gasteiger partial charge in [0.15, 0.2) is 0 Å². The standard InChI is InChI=1S/C18H31NO/c1-12(2)5-4-6-13(3)19-17-15-7-14-8-16(17)11-18(20,9-14)10-15/h5,13-17,19-20H,4,6-11H2,1-3H3. The molecule has 2 nitrogen and oxygen atoms in total. The zero-order chi connectivity index (χ0) is 14.3. The maximum absolute atomic E-state index is 10.6. The maximum Gasteiger partial charge on any atom is 0.0657 e. The van der Waals surface area contributed by atoms with Gasteiger partial charge in [-0.2, -0.15) is 0 Å². The summed E-state index contributed by atoms with van der Waals surface area (Å²) in [5.41, 5.74) is 1.13. The molecule has 0 saturated heterocycles. The van der Waals surface area contributed by atoms with Crippen LogP contribution in [-0.4, -0.2) is 22.8 Å². The smallest absolute Gasteiger partial charge is 0.0657 e. The van der Waals surface area contributed by atoms with Crippen LogP contribution in [0.25, 0.3) is 0 Å². The van der Waals surface area contributed by atoms with E-state index in [1.807, 2.05) is 0 Å². The first-order chi connectivity index (χ1) is 9.45. The Kier molecular flexibility index (Phi) is 3.98. The molecule has 0 aliphatic heterocycles. The van der Waals surface area contributed by atoms with Gasteiger partial charge in [-0.05, 0) is 83.5 Å². The van der Waals surface area contributed by atoms with Gasteiger partial charge >= 0.3 is 0 Å². The zero-order valence-corrected chi connectivity index (χ0v) is 13.4. The molecule has 2 N–H and O–H groups in total. The summed E-state index contributed by atoms with van der Waals surface area (Å²) in [7, 11) is 0. The second-order valence-electron chi connectivity index (χ2n) is 8.15. The molecular formula is C18H31NO. The topological polar surface area (TPSA) is 32.3 Å². The molecule has 4 bridgehead atoms. The van der Waals surface area contributed by atoms with E-state index < -0.39 is 0 Å². The molecule has 20 heavy (non-hydrogen) atoms. The van der Waals surface area contributed by atoms with Gasteiger partial charge in [0.1, 0.15) is 0 Å². The molecule has 0 aromatic rings. The van der Waals surface area contributed by atoms with Crippen molar-refractivity contribution >= 4 is 0 Å². The fraction of sp³-hybridized carbons (Fsp3) is 0.889. The summed E-state index contributed by atoms with van der Waals surface area (Å²) in [6.45, 7) is 6.69. The van der Waals surface area contributed by atoms with Gasteiger partial charge in [-0.15, -0.1) is 0 Å². The van der Waals surface area contributed by atoms with Crippen molar-refractivity contribution in [2.75, 3.05) is 0 Å². The van der Waals surface area contributed by atoms with Crippen molar-refractivity contribution < 1.29 is 5.11 Å². The molecule has 4 aliphatic carbocycles. The van der Waals surface area contributed by atoms with Crippen LogP contribution < -0.4 is 5.32 Å². The van der Waals surface area contributed by atoms with E-state index in [4.69, 9.17) is 0 Å². The van der Waals surface area contributed by atoms with Gasteiger partial charge in [-0.3, -0.25) is 0 Å². The molecule has 3 unspecified atom stereocenters. The SMILES string of the molecule is CC(C)=CCCC(C)NC1C2CC3CC1CC(O)(C3)C2. The third kappa shape index (κ3) is 2.96. The summed E-state index contributed by atoms with van der Waals surface area (Å²) >= 11 is 0. The van der Waals surface area contributed by atoms with Crippen LogP contribution in [0.15, 0.2) is 11.6 Å². The Morgan fingerprint density at radius 2 is 1.90 bits per heavy atom. The summed E-state index contributed by atoms with van der Waals surface area (Å²) in [4.78, 5) is 0. The Hall–Kier alpha value is -0.340. The number of hydrogen-bond donors (Lipinski definition) is 2. The van der Waals surface area contributed by atoms with Gasteiger partial charge in [0, 0.05) is 12.1 Å². The van der Waals surface area contributed by atoms with Crippen LogP contribution in [0.5, 0.6) is 0 Å². The van der Waals surface area contributed by atoms with Gasteiger partial charge in [0.05, 0.1) is 5.60 Å². The average molecular weight is 277 g/mol. The third-order valence-corrected chi connectivity index (χ3v) is 5.87. The van der Waals surface area contributed by atoms with E-state index in [-0.39, 0.29) is 5.60 Å². The number of aliphatic hydroxyl groups is 1. The van der Waals surface area contributed by atoms with Crippen LogP contribution in [0, 0.1) is 17.8 Å². The zero-order valence-electron chi connectivity index (χ0n) is 13.4. The van der Waals surface area contributed by atoms with Gasteiger partial charge in [0.25, 0.3) is 0 Å². The highest BCUT2D eigenvalue weighted by Gasteiger charge is 2.54. The molecule has 0 aromatic heterocycles. The Morgan fingerprint density at radius 1 is 1.25 bits per heavy atom. The highest BCUT2D eigenvalue weighted by Crippen LogP contribution is 2.55. The normalized spacial score (nSPS) is 43.6. The summed E-state index contributed by atoms with van der Waals surface area (Å²) < 4.78 is 0. The Bertz CT molecular complexity index is 369. The van der Waals surface area contributed by atoms with E-state index in [2.05, 4.69) is 32.2 Å². The average Bonchev–Trinajstić information content (AvgIpc) is 2.31. The maximum atomic E-state index is 10.6. The second-order valence-corrected chi connectivity index (χ2v) is 8.15. The summed E-state index contributed by atoms with van der Waals surface area (Å²) in [6, 6.07) is 1.27. The Labute approximate surface area is 124 Å². The third-order valence-electron chi connectivity index (χ3n) is 5.87. The number of allylic oxidation sites excluding steroid dienone is 2. The minimum absolute atomic E-state index is 0.292. The van der Waals surface area contributed by atoms with E-state index in [1.54, 1.807) is 0 Å². The van der Waals surface area contributed by atoms with E-state index >= 15 is 0 Å². The van der Waals surface area contributed by atoms with Crippen molar-refractivity contribution in [2.24, 2.45) is 17.8 Å².